The van der Waals surface area contributed by atoms with E-state index >= 15 is 0 Å². The monoisotopic (exact) mass is 266 g/mol. The molecule has 1 unspecified atom stereocenters. The summed E-state index contributed by atoms with van der Waals surface area (Å²) >= 11 is 5.83. The van der Waals surface area contributed by atoms with Crippen LogP contribution in [0.15, 0.2) is 24.3 Å². The van der Waals surface area contributed by atoms with E-state index in [0.717, 1.165) is 36.5 Å². The van der Waals surface area contributed by atoms with E-state index in [0.29, 0.717) is 6.54 Å². The van der Waals surface area contributed by atoms with Crippen molar-refractivity contribution in [1.82, 2.24) is 10.6 Å². The van der Waals surface area contributed by atoms with Gasteiger partial charge in [-0.3, -0.25) is 4.79 Å². The van der Waals surface area contributed by atoms with Crippen molar-refractivity contribution in [3.05, 3.63) is 34.9 Å². The maximum Gasteiger partial charge on any atom is 0.227 e. The molecule has 18 heavy (non-hydrogen) atoms. The molecule has 2 N–H and O–H groups in total. The first-order chi connectivity index (χ1) is 8.66. The molecule has 1 aromatic rings. The van der Waals surface area contributed by atoms with Crippen molar-refractivity contribution in [3.8, 4) is 0 Å². The number of carbonyl (C=O) groups excluding carboxylic acids is 1. The fraction of sp³-hybridized carbons (Fsp3) is 0.500. The van der Waals surface area contributed by atoms with E-state index in [9.17, 15) is 4.79 Å². The molecular formula is C14H19ClN2O. The molecule has 1 fully saturated rings. The minimum atomic E-state index is -0.216. The molecule has 1 amide bonds. The number of carbonyl (C=O) groups is 1. The lowest BCUT2D eigenvalue weighted by Crippen LogP contribution is -2.41. The van der Waals surface area contributed by atoms with Crippen LogP contribution in [0.4, 0.5) is 0 Å². The van der Waals surface area contributed by atoms with Gasteiger partial charge in [-0.1, -0.05) is 30.7 Å². The average molecular weight is 267 g/mol. The summed E-state index contributed by atoms with van der Waals surface area (Å²) in [6.07, 6.45) is 1.81. The summed E-state index contributed by atoms with van der Waals surface area (Å²) in [5.74, 6) is 0.157. The Bertz CT molecular complexity index is 410. The van der Waals surface area contributed by atoms with Gasteiger partial charge in [0.1, 0.15) is 0 Å². The first-order valence-corrected chi connectivity index (χ1v) is 6.77. The van der Waals surface area contributed by atoms with Gasteiger partial charge < -0.3 is 10.6 Å². The predicted octanol–water partition coefficient (Wildman–Crippen LogP) is 2.35. The third-order valence-corrected chi connectivity index (χ3v) is 4.02. The van der Waals surface area contributed by atoms with Crippen molar-refractivity contribution in [2.75, 3.05) is 13.1 Å². The Kier molecular flexibility index (Phi) is 4.25. The Balaban J connectivity index is 1.93. The fourth-order valence-electron chi connectivity index (χ4n) is 2.37. The second kappa shape index (κ2) is 5.72. The molecule has 0 spiro atoms. The number of hydrogen-bond acceptors (Lipinski definition) is 2. The van der Waals surface area contributed by atoms with Gasteiger partial charge in [-0.05, 0) is 37.1 Å². The Labute approximate surface area is 113 Å². The fourth-order valence-corrected chi connectivity index (χ4v) is 2.50. The molecule has 1 heterocycles. The Morgan fingerprint density at radius 2 is 2.17 bits per heavy atom. The van der Waals surface area contributed by atoms with Gasteiger partial charge in [0, 0.05) is 18.1 Å². The van der Waals surface area contributed by atoms with Gasteiger partial charge in [0.2, 0.25) is 5.91 Å². The highest BCUT2D eigenvalue weighted by Crippen LogP contribution is 2.29. The van der Waals surface area contributed by atoms with Crippen molar-refractivity contribution in [2.24, 2.45) is 5.41 Å². The zero-order valence-corrected chi connectivity index (χ0v) is 11.4. The smallest absolute Gasteiger partial charge is 0.227 e. The minimum Gasteiger partial charge on any atom is -0.352 e. The quantitative estimate of drug-likeness (QED) is 0.878. The molecule has 0 saturated carbocycles. The normalized spacial score (nSPS) is 23.0. The second-order valence-corrected chi connectivity index (χ2v) is 5.31. The molecule has 0 bridgehead atoms. The highest BCUT2D eigenvalue weighted by molar-refractivity contribution is 6.30. The SMILES string of the molecule is CCC1(C(=O)NCc2ccc(Cl)cc2)CCNC1. The summed E-state index contributed by atoms with van der Waals surface area (Å²) in [6.45, 7) is 4.37. The summed E-state index contributed by atoms with van der Waals surface area (Å²) in [4.78, 5) is 12.3. The first kappa shape index (κ1) is 13.4. The highest BCUT2D eigenvalue weighted by Gasteiger charge is 2.39. The molecule has 1 saturated heterocycles. The van der Waals surface area contributed by atoms with E-state index in [1.807, 2.05) is 24.3 Å². The third kappa shape index (κ3) is 2.85. The molecule has 98 valence electrons. The topological polar surface area (TPSA) is 41.1 Å². The summed E-state index contributed by atoms with van der Waals surface area (Å²) in [5.41, 5.74) is 0.858. The lowest BCUT2D eigenvalue weighted by Gasteiger charge is -2.25. The molecule has 4 heteroatoms. The summed E-state index contributed by atoms with van der Waals surface area (Å²) < 4.78 is 0. The molecule has 1 aliphatic rings. The zero-order valence-electron chi connectivity index (χ0n) is 10.6. The first-order valence-electron chi connectivity index (χ1n) is 6.40. The van der Waals surface area contributed by atoms with Gasteiger partial charge in [-0.15, -0.1) is 0 Å². The van der Waals surface area contributed by atoms with E-state index in [1.54, 1.807) is 0 Å². The lowest BCUT2D eigenvalue weighted by atomic mass is 9.83. The van der Waals surface area contributed by atoms with Gasteiger partial charge >= 0.3 is 0 Å². The predicted molar refractivity (Wildman–Crippen MR) is 73.5 cm³/mol. The standard InChI is InChI=1S/C14H19ClN2O/c1-2-14(7-8-16-10-14)13(18)17-9-11-3-5-12(15)6-4-11/h3-6,16H,2,7-10H2,1H3,(H,17,18). The number of halogens is 1. The molecule has 0 aromatic heterocycles. The van der Waals surface area contributed by atoms with E-state index < -0.39 is 0 Å². The van der Waals surface area contributed by atoms with E-state index in [1.165, 1.54) is 0 Å². The van der Waals surface area contributed by atoms with Crippen LogP contribution in [0.1, 0.15) is 25.3 Å². The van der Waals surface area contributed by atoms with Crippen molar-refractivity contribution in [3.63, 3.8) is 0 Å². The van der Waals surface area contributed by atoms with Gasteiger partial charge in [-0.2, -0.15) is 0 Å². The Morgan fingerprint density at radius 3 is 2.72 bits per heavy atom. The summed E-state index contributed by atoms with van der Waals surface area (Å²) in [5, 5.41) is 7.02. The van der Waals surface area contributed by atoms with Crippen LogP contribution in [0.3, 0.4) is 0 Å². The number of amides is 1. The molecule has 1 atom stereocenters. The van der Waals surface area contributed by atoms with Crippen LogP contribution in [-0.4, -0.2) is 19.0 Å². The van der Waals surface area contributed by atoms with Crippen LogP contribution in [-0.2, 0) is 11.3 Å². The van der Waals surface area contributed by atoms with Gasteiger partial charge in [0.05, 0.1) is 5.41 Å². The minimum absolute atomic E-state index is 0.157. The van der Waals surface area contributed by atoms with Crippen LogP contribution >= 0.6 is 11.6 Å². The maximum atomic E-state index is 12.3. The van der Waals surface area contributed by atoms with E-state index in [-0.39, 0.29) is 11.3 Å². The zero-order chi connectivity index (χ0) is 13.0. The van der Waals surface area contributed by atoms with Gasteiger partial charge in [0.15, 0.2) is 0 Å². The van der Waals surface area contributed by atoms with Crippen molar-refractivity contribution in [2.45, 2.75) is 26.3 Å². The van der Waals surface area contributed by atoms with Gasteiger partial charge in [0.25, 0.3) is 0 Å². The second-order valence-electron chi connectivity index (χ2n) is 4.87. The molecular weight excluding hydrogens is 248 g/mol. The maximum absolute atomic E-state index is 12.3. The Hall–Kier alpha value is -1.06. The van der Waals surface area contributed by atoms with Crippen molar-refractivity contribution < 1.29 is 4.79 Å². The van der Waals surface area contributed by atoms with Crippen molar-refractivity contribution in [1.29, 1.82) is 0 Å². The van der Waals surface area contributed by atoms with Crippen molar-refractivity contribution >= 4 is 17.5 Å². The van der Waals surface area contributed by atoms with E-state index in [4.69, 9.17) is 11.6 Å². The summed E-state index contributed by atoms with van der Waals surface area (Å²) in [6, 6.07) is 7.56. The van der Waals surface area contributed by atoms with Gasteiger partial charge in [-0.25, -0.2) is 0 Å². The molecule has 0 radical (unpaired) electrons. The number of rotatable bonds is 4. The third-order valence-electron chi connectivity index (χ3n) is 3.77. The molecule has 0 aliphatic carbocycles. The van der Waals surface area contributed by atoms with Crippen LogP contribution < -0.4 is 10.6 Å². The molecule has 2 rings (SSSR count). The van der Waals surface area contributed by atoms with Crippen LogP contribution in [0.5, 0.6) is 0 Å². The van der Waals surface area contributed by atoms with E-state index in [2.05, 4.69) is 17.6 Å². The molecule has 1 aliphatic heterocycles. The largest absolute Gasteiger partial charge is 0.352 e. The van der Waals surface area contributed by atoms with Crippen LogP contribution in [0.25, 0.3) is 0 Å². The molecule has 1 aromatic carbocycles. The lowest BCUT2D eigenvalue weighted by molar-refractivity contribution is -0.130. The van der Waals surface area contributed by atoms with Crippen LogP contribution in [0.2, 0.25) is 5.02 Å². The Morgan fingerprint density at radius 1 is 1.44 bits per heavy atom. The highest BCUT2D eigenvalue weighted by atomic mass is 35.5. The average Bonchev–Trinajstić information content (AvgIpc) is 2.88. The molecule has 3 nitrogen and oxygen atoms in total. The number of hydrogen-bond donors (Lipinski definition) is 2. The van der Waals surface area contributed by atoms with Crippen LogP contribution in [0, 0.1) is 5.41 Å². The number of nitrogens with one attached hydrogen (secondary N) is 2. The summed E-state index contributed by atoms with van der Waals surface area (Å²) in [7, 11) is 0. The number of benzene rings is 1.